The Morgan fingerprint density at radius 1 is 1.33 bits per heavy atom. The lowest BCUT2D eigenvalue weighted by Crippen LogP contribution is -2.41. The van der Waals surface area contributed by atoms with Crippen molar-refractivity contribution in [3.8, 4) is 0 Å². The first-order valence-electron chi connectivity index (χ1n) is 7.96. The van der Waals surface area contributed by atoms with Gasteiger partial charge in [0.25, 0.3) is 5.91 Å². The third-order valence-electron chi connectivity index (χ3n) is 3.99. The molecule has 0 spiro atoms. The first-order valence-corrected chi connectivity index (χ1v) is 7.96. The zero-order valence-corrected chi connectivity index (χ0v) is 14.2. The van der Waals surface area contributed by atoms with Crippen molar-refractivity contribution in [2.45, 2.75) is 0 Å². The molecule has 1 aromatic carbocycles. The molecule has 0 radical (unpaired) electrons. The van der Waals surface area contributed by atoms with Gasteiger partial charge < -0.3 is 21.1 Å². The molecule has 4 N–H and O–H groups in total. The molecule has 8 heteroatoms. The molecule has 1 heterocycles. The highest BCUT2D eigenvalue weighted by molar-refractivity contribution is 5.99. The van der Waals surface area contributed by atoms with E-state index in [2.05, 4.69) is 15.5 Å². The number of rotatable bonds is 5. The fraction of sp³-hybridized carbons (Fsp3) is 0.500. The number of amides is 3. The van der Waals surface area contributed by atoms with Crippen molar-refractivity contribution >= 4 is 23.3 Å². The number of nitrogens with two attached hydrogens (primary N) is 1. The minimum Gasteiger partial charge on any atom is -0.397 e. The van der Waals surface area contributed by atoms with E-state index in [0.29, 0.717) is 23.5 Å². The Balaban J connectivity index is 1.90. The number of hydrogen-bond donors (Lipinski definition) is 3. The van der Waals surface area contributed by atoms with Crippen LogP contribution in [0.3, 0.4) is 0 Å². The Morgan fingerprint density at radius 3 is 2.67 bits per heavy atom. The molecule has 0 saturated carbocycles. The van der Waals surface area contributed by atoms with Crippen LogP contribution in [0.15, 0.2) is 18.2 Å². The van der Waals surface area contributed by atoms with Crippen LogP contribution < -0.4 is 21.3 Å². The third-order valence-corrected chi connectivity index (χ3v) is 3.99. The lowest BCUT2D eigenvalue weighted by molar-refractivity contribution is 0.0383. The maximum absolute atomic E-state index is 12.2. The summed E-state index contributed by atoms with van der Waals surface area (Å²) >= 11 is 0. The van der Waals surface area contributed by atoms with Crippen molar-refractivity contribution in [2.75, 3.05) is 64.1 Å². The highest BCUT2D eigenvalue weighted by Crippen LogP contribution is 2.23. The summed E-state index contributed by atoms with van der Waals surface area (Å²) in [6.07, 6.45) is 0. The summed E-state index contributed by atoms with van der Waals surface area (Å²) in [5.41, 5.74) is 7.38. The predicted octanol–water partition coefficient (Wildman–Crippen LogP) is 0.106. The number of hydrogen-bond acceptors (Lipinski definition) is 5. The monoisotopic (exact) mass is 335 g/mol. The molecule has 132 valence electrons. The van der Waals surface area contributed by atoms with Crippen molar-refractivity contribution < 1.29 is 14.3 Å². The van der Waals surface area contributed by atoms with Crippen LogP contribution in [-0.2, 0) is 4.74 Å². The molecule has 0 unspecified atom stereocenters. The van der Waals surface area contributed by atoms with Crippen molar-refractivity contribution in [1.29, 1.82) is 0 Å². The van der Waals surface area contributed by atoms with Crippen molar-refractivity contribution in [3.05, 3.63) is 23.8 Å². The molecule has 1 aromatic rings. The Morgan fingerprint density at radius 2 is 2.04 bits per heavy atom. The van der Waals surface area contributed by atoms with Gasteiger partial charge in [0.05, 0.1) is 24.6 Å². The Labute approximate surface area is 141 Å². The van der Waals surface area contributed by atoms with E-state index in [4.69, 9.17) is 10.5 Å². The van der Waals surface area contributed by atoms with Gasteiger partial charge in [0.1, 0.15) is 0 Å². The van der Waals surface area contributed by atoms with Crippen LogP contribution >= 0.6 is 0 Å². The zero-order chi connectivity index (χ0) is 17.5. The van der Waals surface area contributed by atoms with Gasteiger partial charge in [-0.1, -0.05) is 0 Å². The van der Waals surface area contributed by atoms with Gasteiger partial charge in [0, 0.05) is 45.8 Å². The van der Waals surface area contributed by atoms with Gasteiger partial charge in [-0.05, 0) is 18.2 Å². The van der Waals surface area contributed by atoms with E-state index in [9.17, 15) is 9.59 Å². The Bertz CT molecular complexity index is 587. The maximum Gasteiger partial charge on any atom is 0.321 e. The Hall–Kier alpha value is -2.32. The molecule has 8 nitrogen and oxygen atoms in total. The van der Waals surface area contributed by atoms with E-state index in [1.54, 1.807) is 32.3 Å². The highest BCUT2D eigenvalue weighted by Gasteiger charge is 2.15. The smallest absolute Gasteiger partial charge is 0.321 e. The average molecular weight is 335 g/mol. The summed E-state index contributed by atoms with van der Waals surface area (Å²) in [5, 5.41) is 5.41. The quantitative estimate of drug-likeness (QED) is 0.663. The Kier molecular flexibility index (Phi) is 6.39. The number of nitrogens with zero attached hydrogens (tertiary/aromatic N) is 2. The molecule has 1 aliphatic rings. The van der Waals surface area contributed by atoms with E-state index in [0.717, 1.165) is 32.8 Å². The van der Waals surface area contributed by atoms with Gasteiger partial charge in [-0.15, -0.1) is 0 Å². The molecule has 1 saturated heterocycles. The number of carbonyl (C=O) groups excluding carboxylic acids is 2. The molecule has 0 atom stereocenters. The number of ether oxygens (including phenoxy) is 1. The van der Waals surface area contributed by atoms with Crippen LogP contribution in [0.5, 0.6) is 0 Å². The topological polar surface area (TPSA) is 99.9 Å². The van der Waals surface area contributed by atoms with Crippen molar-refractivity contribution in [1.82, 2.24) is 15.5 Å². The number of morpholine rings is 1. The van der Waals surface area contributed by atoms with Gasteiger partial charge in [-0.25, -0.2) is 4.79 Å². The summed E-state index contributed by atoms with van der Waals surface area (Å²) in [6.45, 7) is 4.63. The largest absolute Gasteiger partial charge is 0.397 e. The number of benzene rings is 1. The van der Waals surface area contributed by atoms with E-state index >= 15 is 0 Å². The standard InChI is InChI=1S/C16H25N5O3/c1-18-16(23)20(2)14-4-3-12(11-13(14)17)15(22)19-5-6-21-7-9-24-10-8-21/h3-4,11H,5-10,17H2,1-2H3,(H,18,23)(H,19,22). The van der Waals surface area contributed by atoms with Gasteiger partial charge in [0.2, 0.25) is 0 Å². The maximum atomic E-state index is 12.2. The predicted molar refractivity (Wildman–Crippen MR) is 93.3 cm³/mol. The van der Waals surface area contributed by atoms with Gasteiger partial charge in [0.15, 0.2) is 0 Å². The highest BCUT2D eigenvalue weighted by atomic mass is 16.5. The van der Waals surface area contributed by atoms with Gasteiger partial charge in [-0.2, -0.15) is 0 Å². The minimum atomic E-state index is -0.274. The molecule has 2 rings (SSSR count). The van der Waals surface area contributed by atoms with E-state index in [1.165, 1.54) is 4.90 Å². The van der Waals surface area contributed by atoms with Crippen LogP contribution in [0, 0.1) is 0 Å². The van der Waals surface area contributed by atoms with Crippen LogP contribution in [-0.4, -0.2) is 70.3 Å². The fourth-order valence-electron chi connectivity index (χ4n) is 2.53. The third kappa shape index (κ3) is 4.59. The summed E-state index contributed by atoms with van der Waals surface area (Å²) in [6, 6.07) is 4.64. The first kappa shape index (κ1) is 18.0. The molecular weight excluding hydrogens is 310 g/mol. The van der Waals surface area contributed by atoms with Crippen LogP contribution in [0.25, 0.3) is 0 Å². The van der Waals surface area contributed by atoms with E-state index in [-0.39, 0.29) is 11.9 Å². The number of anilines is 2. The average Bonchev–Trinajstić information content (AvgIpc) is 2.61. The molecule has 3 amide bonds. The summed E-state index contributed by atoms with van der Waals surface area (Å²) in [4.78, 5) is 27.5. The van der Waals surface area contributed by atoms with Crippen LogP contribution in [0.2, 0.25) is 0 Å². The number of nitrogens with one attached hydrogen (secondary N) is 2. The minimum absolute atomic E-state index is 0.177. The summed E-state index contributed by atoms with van der Waals surface area (Å²) in [7, 11) is 3.16. The molecule has 24 heavy (non-hydrogen) atoms. The molecule has 0 aliphatic carbocycles. The molecule has 0 aromatic heterocycles. The van der Waals surface area contributed by atoms with E-state index in [1.807, 2.05) is 0 Å². The second-order valence-electron chi connectivity index (χ2n) is 5.60. The van der Waals surface area contributed by atoms with Gasteiger partial charge in [-0.3, -0.25) is 14.6 Å². The summed E-state index contributed by atoms with van der Waals surface area (Å²) < 4.78 is 5.29. The number of carbonyl (C=O) groups is 2. The molecule has 1 aliphatic heterocycles. The zero-order valence-electron chi connectivity index (χ0n) is 14.2. The molecular formula is C16H25N5O3. The second-order valence-corrected chi connectivity index (χ2v) is 5.60. The lowest BCUT2D eigenvalue weighted by Gasteiger charge is -2.26. The van der Waals surface area contributed by atoms with Crippen LogP contribution in [0.1, 0.15) is 10.4 Å². The summed E-state index contributed by atoms with van der Waals surface area (Å²) in [5.74, 6) is -0.177. The first-order chi connectivity index (χ1) is 11.5. The van der Waals surface area contributed by atoms with Gasteiger partial charge >= 0.3 is 6.03 Å². The molecule has 1 fully saturated rings. The van der Waals surface area contributed by atoms with Crippen molar-refractivity contribution in [2.24, 2.45) is 0 Å². The number of urea groups is 1. The normalized spacial score (nSPS) is 14.9. The van der Waals surface area contributed by atoms with Crippen molar-refractivity contribution in [3.63, 3.8) is 0 Å². The lowest BCUT2D eigenvalue weighted by atomic mass is 10.1. The second kappa shape index (κ2) is 8.51. The van der Waals surface area contributed by atoms with Crippen LogP contribution in [0.4, 0.5) is 16.2 Å². The fourth-order valence-corrected chi connectivity index (χ4v) is 2.53. The number of nitrogen functional groups attached to an aromatic ring is 1. The van der Waals surface area contributed by atoms with E-state index < -0.39 is 0 Å². The molecule has 0 bridgehead atoms. The SMILES string of the molecule is CNC(=O)N(C)c1ccc(C(=O)NCCN2CCOCC2)cc1N.